The number of hydrogen-bond acceptors (Lipinski definition) is 0. The van der Waals surface area contributed by atoms with Crippen molar-refractivity contribution in [2.75, 3.05) is 0 Å². The number of aryl methyl sites for hydroxylation is 1. The summed E-state index contributed by atoms with van der Waals surface area (Å²) in [5.41, 5.74) is 18.0. The highest BCUT2D eigenvalue weighted by Gasteiger charge is 2.29. The predicted octanol–water partition coefficient (Wildman–Crippen LogP) is 16.9. The topological polar surface area (TPSA) is 4.93 Å². The molecule has 1 heterocycles. The lowest BCUT2D eigenvalue weighted by Crippen LogP contribution is -2.15. The minimum Gasteiger partial charge on any atom is -0.309 e. The lowest BCUT2D eigenvalue weighted by atomic mass is 9.75. The van der Waals surface area contributed by atoms with E-state index in [1.807, 2.05) is 0 Å². The number of allylic oxidation sites excluding steroid dienone is 8. The van der Waals surface area contributed by atoms with Gasteiger partial charge in [-0.3, -0.25) is 0 Å². The molecular formula is C63H53N. The predicted molar refractivity (Wildman–Crippen MR) is 273 cm³/mol. The molecule has 1 aromatic heterocycles. The quantitative estimate of drug-likeness (QED) is 0.167. The van der Waals surface area contributed by atoms with Crippen LogP contribution in [0.2, 0.25) is 0 Å². The van der Waals surface area contributed by atoms with Gasteiger partial charge in [-0.25, -0.2) is 0 Å². The molecule has 1 nitrogen and oxygen atoms in total. The summed E-state index contributed by atoms with van der Waals surface area (Å²) in [6.45, 7) is 4.92. The van der Waals surface area contributed by atoms with E-state index in [1.54, 1.807) is 0 Å². The van der Waals surface area contributed by atoms with Crippen molar-refractivity contribution in [3.05, 3.63) is 234 Å². The van der Waals surface area contributed by atoms with Crippen LogP contribution in [0.15, 0.2) is 206 Å². The summed E-state index contributed by atoms with van der Waals surface area (Å²) >= 11 is 0. The molecule has 0 radical (unpaired) electrons. The summed E-state index contributed by atoms with van der Waals surface area (Å²) in [4.78, 5) is 0. The molecule has 64 heavy (non-hydrogen) atoms. The van der Waals surface area contributed by atoms with Crippen LogP contribution >= 0.6 is 0 Å². The second-order valence-electron chi connectivity index (χ2n) is 18.7. The van der Waals surface area contributed by atoms with Crippen molar-refractivity contribution in [1.82, 2.24) is 4.57 Å². The van der Waals surface area contributed by atoms with Gasteiger partial charge in [0.25, 0.3) is 0 Å². The van der Waals surface area contributed by atoms with Crippen molar-refractivity contribution >= 4 is 54.5 Å². The van der Waals surface area contributed by atoms with Gasteiger partial charge >= 0.3 is 0 Å². The minimum absolute atomic E-state index is 0.249. The third kappa shape index (κ3) is 6.44. The fraction of sp³-hybridized carbons (Fsp3) is 0.175. The van der Waals surface area contributed by atoms with E-state index < -0.39 is 0 Å². The third-order valence-electron chi connectivity index (χ3n) is 15.1. The fourth-order valence-electron chi connectivity index (χ4n) is 11.9. The third-order valence-corrected chi connectivity index (χ3v) is 15.1. The van der Waals surface area contributed by atoms with Gasteiger partial charge in [0, 0.05) is 33.7 Å². The Kier molecular flexibility index (Phi) is 9.67. The number of para-hydroxylation sites is 1. The van der Waals surface area contributed by atoms with E-state index in [1.165, 1.54) is 105 Å². The van der Waals surface area contributed by atoms with E-state index in [-0.39, 0.29) is 5.92 Å². The first kappa shape index (κ1) is 38.7. The Labute approximate surface area is 377 Å². The summed E-state index contributed by atoms with van der Waals surface area (Å²) in [6.07, 6.45) is 17.0. The normalized spacial score (nSPS) is 21.9. The minimum atomic E-state index is 0.249. The van der Waals surface area contributed by atoms with Gasteiger partial charge < -0.3 is 4.57 Å². The van der Waals surface area contributed by atoms with Gasteiger partial charge in [0.1, 0.15) is 0 Å². The molecule has 0 amide bonds. The van der Waals surface area contributed by atoms with Gasteiger partial charge in [0.15, 0.2) is 0 Å². The molecule has 0 saturated heterocycles. The number of rotatable bonds is 4. The summed E-state index contributed by atoms with van der Waals surface area (Å²) in [7, 11) is 0. The zero-order chi connectivity index (χ0) is 42.7. The molecule has 0 fully saturated rings. The van der Waals surface area contributed by atoms with E-state index in [0.717, 1.165) is 32.1 Å². The van der Waals surface area contributed by atoms with Crippen LogP contribution < -0.4 is 0 Å². The van der Waals surface area contributed by atoms with E-state index in [0.29, 0.717) is 17.8 Å². The van der Waals surface area contributed by atoms with Crippen LogP contribution in [0.1, 0.15) is 73.3 Å². The maximum Gasteiger partial charge on any atom is 0.0619 e. The fourth-order valence-corrected chi connectivity index (χ4v) is 11.9. The standard InChI is InChI=1S/C63H53N/c1-41-30-34-57(62(45-19-5-3-6-20-45)42(2)29-31-43-17-9-11-23-48(41)43)56-38-37-55(50-25-13-14-26-51(50)56)54-35-33-46-39-61-60(40-59(46)53-28-16-15-27-52(53)54)58-36-32-44-18-10-12-24-49(44)63(58)64(61)47-21-7-4-8-22-47/h3-28,31-32,36-42,48,54H,29-30,33-35H2,1-2H3/b43-31+,62-57-/t41-,42?,48?,54?/m1/s1. The number of aromatic nitrogens is 1. The SMILES string of the molecule is CC1C/C=C2\C=CC=CC2[C@H](C)CC/C(c2ccc(C3CCc4cc5c(cc4-c4ccccc43)c3ccc4ccccc4c3n5-c3ccccc3)c3ccccc23)=C\1c1ccccc1. The molecular weight excluding hydrogens is 771 g/mol. The Hall–Kier alpha value is -6.96. The van der Waals surface area contributed by atoms with Crippen LogP contribution in [0.5, 0.6) is 0 Å². The summed E-state index contributed by atoms with van der Waals surface area (Å²) in [5.74, 6) is 1.62. The van der Waals surface area contributed by atoms with Gasteiger partial charge in [0.05, 0.1) is 11.0 Å². The first-order valence-electron chi connectivity index (χ1n) is 23.6. The molecule has 0 N–H and O–H groups in total. The summed E-state index contributed by atoms with van der Waals surface area (Å²) < 4.78 is 2.52. The van der Waals surface area contributed by atoms with Crippen LogP contribution in [0.3, 0.4) is 0 Å². The van der Waals surface area contributed by atoms with Gasteiger partial charge in [0.2, 0.25) is 0 Å². The lowest BCUT2D eigenvalue weighted by Gasteiger charge is -2.30. The maximum atomic E-state index is 2.54. The van der Waals surface area contributed by atoms with Crippen LogP contribution in [-0.4, -0.2) is 4.57 Å². The highest BCUT2D eigenvalue weighted by atomic mass is 15.0. The molecule has 0 saturated carbocycles. The molecule has 9 aromatic rings. The number of hydrogen-bond donors (Lipinski definition) is 0. The average molecular weight is 824 g/mol. The molecule has 3 aliphatic rings. The van der Waals surface area contributed by atoms with Crippen LogP contribution in [0.25, 0.3) is 71.3 Å². The van der Waals surface area contributed by atoms with Crippen molar-refractivity contribution < 1.29 is 0 Å². The highest BCUT2D eigenvalue weighted by Crippen LogP contribution is 2.49. The van der Waals surface area contributed by atoms with Crippen molar-refractivity contribution in [3.8, 4) is 16.8 Å². The molecule has 0 spiro atoms. The van der Waals surface area contributed by atoms with Crippen molar-refractivity contribution in [3.63, 3.8) is 0 Å². The second-order valence-corrected chi connectivity index (χ2v) is 18.7. The van der Waals surface area contributed by atoms with Gasteiger partial charge in [-0.1, -0.05) is 190 Å². The van der Waals surface area contributed by atoms with Gasteiger partial charge in [-0.05, 0) is 140 Å². The largest absolute Gasteiger partial charge is 0.309 e. The average Bonchev–Trinajstić information content (AvgIpc) is 3.59. The van der Waals surface area contributed by atoms with Crippen LogP contribution in [0, 0.1) is 17.8 Å². The molecule has 310 valence electrons. The van der Waals surface area contributed by atoms with Crippen molar-refractivity contribution in [2.45, 2.75) is 51.9 Å². The number of benzene rings is 8. The molecule has 4 atom stereocenters. The first-order chi connectivity index (χ1) is 31.6. The summed E-state index contributed by atoms with van der Waals surface area (Å²) in [5, 5.41) is 7.92. The molecule has 3 unspecified atom stereocenters. The number of fused-ring (bicyclic) bond motifs is 10. The zero-order valence-electron chi connectivity index (χ0n) is 36.8. The highest BCUT2D eigenvalue weighted by molar-refractivity contribution is 6.19. The Bertz CT molecular complexity index is 3390. The molecule has 12 rings (SSSR count). The monoisotopic (exact) mass is 823 g/mol. The maximum absolute atomic E-state index is 2.54. The Morgan fingerprint density at radius 2 is 1.28 bits per heavy atom. The smallest absolute Gasteiger partial charge is 0.0619 e. The van der Waals surface area contributed by atoms with Gasteiger partial charge in [-0.15, -0.1) is 0 Å². The van der Waals surface area contributed by atoms with Crippen LogP contribution in [-0.2, 0) is 6.42 Å². The first-order valence-corrected chi connectivity index (χ1v) is 23.6. The second kappa shape index (κ2) is 16.0. The summed E-state index contributed by atoms with van der Waals surface area (Å²) in [6, 6.07) is 64.5. The Morgan fingerprint density at radius 3 is 2.14 bits per heavy atom. The molecule has 0 bridgehead atoms. The van der Waals surface area contributed by atoms with Crippen LogP contribution in [0.4, 0.5) is 0 Å². The lowest BCUT2D eigenvalue weighted by molar-refractivity contribution is 0.452. The van der Waals surface area contributed by atoms with Crippen molar-refractivity contribution in [1.29, 1.82) is 0 Å². The molecule has 3 aliphatic carbocycles. The van der Waals surface area contributed by atoms with E-state index in [9.17, 15) is 0 Å². The Morgan fingerprint density at radius 1 is 0.531 bits per heavy atom. The van der Waals surface area contributed by atoms with Crippen molar-refractivity contribution in [2.24, 2.45) is 17.8 Å². The molecule has 8 aromatic carbocycles. The van der Waals surface area contributed by atoms with Gasteiger partial charge in [-0.2, -0.15) is 0 Å². The Balaban J connectivity index is 1.02. The van der Waals surface area contributed by atoms with E-state index >= 15 is 0 Å². The number of nitrogens with zero attached hydrogens (tertiary/aromatic N) is 1. The van der Waals surface area contributed by atoms with E-state index in [2.05, 4.69) is 219 Å². The van der Waals surface area contributed by atoms with E-state index in [4.69, 9.17) is 0 Å². The molecule has 1 heteroatoms. The zero-order valence-corrected chi connectivity index (χ0v) is 36.8. The molecule has 0 aliphatic heterocycles.